The first-order valence-electron chi connectivity index (χ1n) is 7.21. The van der Waals surface area contributed by atoms with Crippen LogP contribution >= 0.6 is 23.2 Å². The Bertz CT molecular complexity index is 955. The van der Waals surface area contributed by atoms with Crippen LogP contribution < -0.4 is 9.62 Å². The monoisotopic (exact) mass is 422 g/mol. The minimum Gasteiger partial charge on any atom is -0.323 e. The SMILES string of the molecule is C[C@@H](C(=O)Nc1cccc(Cl)c1Cl)N(c1ccc(F)c(F)c1)S(C)(=O)=O. The van der Waals surface area contributed by atoms with Crippen molar-refractivity contribution in [3.63, 3.8) is 0 Å². The number of carbonyl (C=O) groups excluding carboxylic acids is 1. The van der Waals surface area contributed by atoms with Crippen LogP contribution in [0.2, 0.25) is 10.0 Å². The molecule has 0 fully saturated rings. The third kappa shape index (κ3) is 4.44. The van der Waals surface area contributed by atoms with E-state index in [0.717, 1.165) is 18.4 Å². The van der Waals surface area contributed by atoms with Crippen LogP contribution in [0, 0.1) is 11.6 Å². The molecule has 0 saturated carbocycles. The van der Waals surface area contributed by atoms with E-state index >= 15 is 0 Å². The number of nitrogens with zero attached hydrogens (tertiary/aromatic N) is 1. The molecule has 0 bridgehead atoms. The Morgan fingerprint density at radius 1 is 1.15 bits per heavy atom. The smallest absolute Gasteiger partial charge is 0.248 e. The van der Waals surface area contributed by atoms with Crippen LogP contribution in [0.3, 0.4) is 0 Å². The van der Waals surface area contributed by atoms with Crippen molar-refractivity contribution in [3.8, 4) is 0 Å². The lowest BCUT2D eigenvalue weighted by atomic mass is 10.2. The maximum atomic E-state index is 13.5. The highest BCUT2D eigenvalue weighted by Crippen LogP contribution is 2.30. The minimum atomic E-state index is -3.98. The lowest BCUT2D eigenvalue weighted by Crippen LogP contribution is -2.45. The molecule has 10 heteroatoms. The quantitative estimate of drug-likeness (QED) is 0.789. The van der Waals surface area contributed by atoms with Crippen LogP contribution in [-0.2, 0) is 14.8 Å². The van der Waals surface area contributed by atoms with Crippen molar-refractivity contribution in [2.75, 3.05) is 15.9 Å². The number of carbonyl (C=O) groups is 1. The Balaban J connectivity index is 2.37. The summed E-state index contributed by atoms with van der Waals surface area (Å²) in [6.07, 6.45) is 0.852. The van der Waals surface area contributed by atoms with Crippen LogP contribution in [0.5, 0.6) is 0 Å². The largest absolute Gasteiger partial charge is 0.323 e. The molecule has 0 aliphatic rings. The molecule has 0 aromatic heterocycles. The van der Waals surface area contributed by atoms with Crippen molar-refractivity contribution in [2.45, 2.75) is 13.0 Å². The van der Waals surface area contributed by atoms with E-state index in [-0.39, 0.29) is 21.4 Å². The van der Waals surface area contributed by atoms with Gasteiger partial charge in [0, 0.05) is 6.07 Å². The van der Waals surface area contributed by atoms with Gasteiger partial charge in [-0.3, -0.25) is 9.10 Å². The van der Waals surface area contributed by atoms with Gasteiger partial charge in [-0.05, 0) is 31.2 Å². The molecule has 0 unspecified atom stereocenters. The summed E-state index contributed by atoms with van der Waals surface area (Å²) in [5.74, 6) is -3.10. The molecule has 26 heavy (non-hydrogen) atoms. The van der Waals surface area contributed by atoms with Gasteiger partial charge < -0.3 is 5.32 Å². The standard InChI is InChI=1S/C16H14Cl2F2N2O3S/c1-9(16(23)21-14-5-3-4-11(17)15(14)18)22(26(2,24)25)10-6-7-12(19)13(20)8-10/h3-9H,1-2H3,(H,21,23)/t9-/m0/s1. The molecule has 1 atom stereocenters. The summed E-state index contributed by atoms with van der Waals surface area (Å²) in [7, 11) is -3.98. The number of anilines is 2. The summed E-state index contributed by atoms with van der Waals surface area (Å²) in [6.45, 7) is 1.30. The van der Waals surface area contributed by atoms with Crippen molar-refractivity contribution in [3.05, 3.63) is 58.1 Å². The van der Waals surface area contributed by atoms with E-state index < -0.39 is 33.6 Å². The normalized spacial score (nSPS) is 12.5. The predicted molar refractivity (Wildman–Crippen MR) is 98.2 cm³/mol. The second-order valence-electron chi connectivity index (χ2n) is 5.42. The molecule has 2 aromatic carbocycles. The van der Waals surface area contributed by atoms with Gasteiger partial charge >= 0.3 is 0 Å². The molecule has 0 heterocycles. The van der Waals surface area contributed by atoms with E-state index in [1.54, 1.807) is 6.07 Å². The van der Waals surface area contributed by atoms with Gasteiger partial charge in [-0.2, -0.15) is 0 Å². The Hall–Kier alpha value is -1.90. The molecule has 1 N–H and O–H groups in total. The molecular weight excluding hydrogens is 409 g/mol. The van der Waals surface area contributed by atoms with Crippen LogP contribution in [0.4, 0.5) is 20.2 Å². The number of nitrogens with one attached hydrogen (secondary N) is 1. The average molecular weight is 423 g/mol. The van der Waals surface area contributed by atoms with Crippen molar-refractivity contribution >= 4 is 50.5 Å². The molecule has 0 aliphatic carbocycles. The highest BCUT2D eigenvalue weighted by Gasteiger charge is 2.30. The fourth-order valence-electron chi connectivity index (χ4n) is 2.27. The Morgan fingerprint density at radius 2 is 1.81 bits per heavy atom. The molecule has 5 nitrogen and oxygen atoms in total. The summed E-state index contributed by atoms with van der Waals surface area (Å²) in [4.78, 5) is 12.5. The second-order valence-corrected chi connectivity index (χ2v) is 8.07. The Labute approximate surface area is 159 Å². The number of benzene rings is 2. The lowest BCUT2D eigenvalue weighted by molar-refractivity contribution is -0.116. The predicted octanol–water partition coefficient (Wildman–Crippen LogP) is 4.06. The van der Waals surface area contributed by atoms with Crippen LogP contribution in [0.1, 0.15) is 6.92 Å². The summed E-state index contributed by atoms with van der Waals surface area (Å²) in [5.41, 5.74) is 0.000922. The number of halogens is 4. The minimum absolute atomic E-state index is 0.0912. The van der Waals surface area contributed by atoms with Gasteiger partial charge in [-0.1, -0.05) is 29.3 Å². The van der Waals surface area contributed by atoms with Crippen LogP contribution in [0.25, 0.3) is 0 Å². The fourth-order valence-corrected chi connectivity index (χ4v) is 3.78. The summed E-state index contributed by atoms with van der Waals surface area (Å²) in [5, 5.41) is 2.77. The van der Waals surface area contributed by atoms with E-state index in [2.05, 4.69) is 5.32 Å². The van der Waals surface area contributed by atoms with E-state index in [9.17, 15) is 22.0 Å². The van der Waals surface area contributed by atoms with Gasteiger partial charge in [0.1, 0.15) is 6.04 Å². The fraction of sp³-hybridized carbons (Fsp3) is 0.188. The zero-order chi connectivity index (χ0) is 19.6. The first-order chi connectivity index (χ1) is 12.0. The van der Waals surface area contributed by atoms with Crippen molar-refractivity contribution < 1.29 is 22.0 Å². The topological polar surface area (TPSA) is 66.5 Å². The molecule has 0 spiro atoms. The number of amides is 1. The van der Waals surface area contributed by atoms with Crippen LogP contribution in [0.15, 0.2) is 36.4 Å². The summed E-state index contributed by atoms with van der Waals surface area (Å²) < 4.78 is 51.6. The number of sulfonamides is 1. The first kappa shape index (κ1) is 20.4. The highest BCUT2D eigenvalue weighted by molar-refractivity contribution is 7.92. The number of rotatable bonds is 5. The molecule has 0 saturated heterocycles. The molecular formula is C16H14Cl2F2N2O3S. The van der Waals surface area contributed by atoms with Crippen molar-refractivity contribution in [1.29, 1.82) is 0 Å². The maximum Gasteiger partial charge on any atom is 0.248 e. The number of hydrogen-bond donors (Lipinski definition) is 1. The molecule has 1 amide bonds. The van der Waals surface area contributed by atoms with E-state index in [0.29, 0.717) is 10.4 Å². The molecule has 2 rings (SSSR count). The zero-order valence-electron chi connectivity index (χ0n) is 13.6. The highest BCUT2D eigenvalue weighted by atomic mass is 35.5. The molecule has 0 aliphatic heterocycles. The van der Waals surface area contributed by atoms with Crippen molar-refractivity contribution in [1.82, 2.24) is 0 Å². The van der Waals surface area contributed by atoms with Gasteiger partial charge in [-0.15, -0.1) is 0 Å². The summed E-state index contributed by atoms with van der Waals surface area (Å²) >= 11 is 11.9. The van der Waals surface area contributed by atoms with E-state index in [4.69, 9.17) is 23.2 Å². The third-order valence-electron chi connectivity index (χ3n) is 3.46. The first-order valence-corrected chi connectivity index (χ1v) is 9.82. The Morgan fingerprint density at radius 3 is 2.38 bits per heavy atom. The van der Waals surface area contributed by atoms with Gasteiger partial charge in [-0.25, -0.2) is 17.2 Å². The second kappa shape index (κ2) is 7.77. The maximum absolute atomic E-state index is 13.5. The lowest BCUT2D eigenvalue weighted by Gasteiger charge is -2.28. The van der Waals surface area contributed by atoms with Crippen LogP contribution in [-0.4, -0.2) is 26.6 Å². The van der Waals surface area contributed by atoms with Gasteiger partial charge in [0.05, 0.1) is 27.7 Å². The van der Waals surface area contributed by atoms with Crippen molar-refractivity contribution in [2.24, 2.45) is 0 Å². The number of hydrogen-bond acceptors (Lipinski definition) is 3. The Kier molecular flexibility index (Phi) is 6.10. The van der Waals surface area contributed by atoms with E-state index in [1.165, 1.54) is 19.1 Å². The molecule has 2 aromatic rings. The molecule has 0 radical (unpaired) electrons. The molecule has 140 valence electrons. The van der Waals surface area contributed by atoms with Gasteiger partial charge in [0.15, 0.2) is 11.6 Å². The van der Waals surface area contributed by atoms with Gasteiger partial charge in [0.2, 0.25) is 15.9 Å². The van der Waals surface area contributed by atoms with Gasteiger partial charge in [0.25, 0.3) is 0 Å². The summed E-state index contributed by atoms with van der Waals surface area (Å²) in [6, 6.07) is 5.83. The zero-order valence-corrected chi connectivity index (χ0v) is 16.0. The average Bonchev–Trinajstić information content (AvgIpc) is 2.54. The van der Waals surface area contributed by atoms with E-state index in [1.807, 2.05) is 0 Å². The third-order valence-corrected chi connectivity index (χ3v) is 5.52.